The highest BCUT2D eigenvalue weighted by atomic mass is 16.5. The highest BCUT2D eigenvalue weighted by Gasteiger charge is 2.30. The Morgan fingerprint density at radius 1 is 1.10 bits per heavy atom. The number of nitrogens with one attached hydrogen (secondary N) is 1. The molecule has 0 amide bonds. The molecule has 2 rings (SSSR count). The fourth-order valence-electron chi connectivity index (χ4n) is 3.82. The van der Waals surface area contributed by atoms with Crippen LogP contribution in [0.1, 0.15) is 58.1 Å². The molecule has 1 aromatic carbocycles. The molecule has 0 radical (unpaired) electrons. The second-order valence-electron chi connectivity index (χ2n) is 6.70. The maximum atomic E-state index is 5.58. The maximum absolute atomic E-state index is 5.58. The maximum Gasteiger partial charge on any atom is 0.123 e. The Kier molecular flexibility index (Phi) is 6.10. The van der Waals surface area contributed by atoms with Crippen LogP contribution >= 0.6 is 0 Å². The van der Waals surface area contributed by atoms with Crippen molar-refractivity contribution in [2.24, 2.45) is 17.8 Å². The summed E-state index contributed by atoms with van der Waals surface area (Å²) < 4.78 is 5.58. The first-order chi connectivity index (χ1) is 10.2. The van der Waals surface area contributed by atoms with E-state index in [0.29, 0.717) is 6.04 Å². The van der Waals surface area contributed by atoms with E-state index >= 15 is 0 Å². The highest BCUT2D eigenvalue weighted by molar-refractivity contribution is 5.36. The van der Waals surface area contributed by atoms with Crippen LogP contribution in [0.25, 0.3) is 0 Å². The normalized spacial score (nSPS) is 24.0. The second kappa shape index (κ2) is 7.84. The fraction of sp³-hybridized carbons (Fsp3) is 0.684. The van der Waals surface area contributed by atoms with Crippen LogP contribution in [0.3, 0.4) is 0 Å². The molecule has 1 N–H and O–H groups in total. The van der Waals surface area contributed by atoms with Crippen molar-refractivity contribution in [3.05, 3.63) is 29.8 Å². The molecule has 1 aliphatic carbocycles. The minimum atomic E-state index is 0.430. The predicted molar refractivity (Wildman–Crippen MR) is 89.7 cm³/mol. The molecule has 0 aromatic heterocycles. The van der Waals surface area contributed by atoms with Crippen molar-refractivity contribution in [2.45, 2.75) is 52.5 Å². The molecule has 21 heavy (non-hydrogen) atoms. The third kappa shape index (κ3) is 4.00. The van der Waals surface area contributed by atoms with Crippen LogP contribution in [0.5, 0.6) is 5.75 Å². The van der Waals surface area contributed by atoms with Crippen LogP contribution in [0, 0.1) is 17.8 Å². The van der Waals surface area contributed by atoms with E-state index in [4.69, 9.17) is 4.74 Å². The highest BCUT2D eigenvalue weighted by Crippen LogP contribution is 2.41. The summed E-state index contributed by atoms with van der Waals surface area (Å²) in [5, 5.41) is 3.71. The van der Waals surface area contributed by atoms with Crippen molar-refractivity contribution in [2.75, 3.05) is 13.7 Å². The number of hydrogen-bond donors (Lipinski definition) is 1. The van der Waals surface area contributed by atoms with Crippen molar-refractivity contribution < 1.29 is 4.74 Å². The van der Waals surface area contributed by atoms with E-state index in [2.05, 4.69) is 50.4 Å². The van der Waals surface area contributed by atoms with Crippen molar-refractivity contribution in [1.29, 1.82) is 0 Å². The van der Waals surface area contributed by atoms with Crippen molar-refractivity contribution in [1.82, 2.24) is 5.32 Å². The van der Waals surface area contributed by atoms with Gasteiger partial charge in [0, 0.05) is 11.6 Å². The summed E-state index contributed by atoms with van der Waals surface area (Å²) in [6, 6.07) is 8.92. The van der Waals surface area contributed by atoms with Gasteiger partial charge in [0.1, 0.15) is 5.75 Å². The van der Waals surface area contributed by atoms with E-state index < -0.39 is 0 Å². The molecular formula is C19H31NO. The summed E-state index contributed by atoms with van der Waals surface area (Å²) in [6.07, 6.45) is 5.41. The van der Waals surface area contributed by atoms with Gasteiger partial charge in [0.25, 0.3) is 0 Å². The summed E-state index contributed by atoms with van der Waals surface area (Å²) in [5.74, 6) is 3.50. The molecule has 1 aliphatic rings. The summed E-state index contributed by atoms with van der Waals surface area (Å²) in [7, 11) is 1.78. The van der Waals surface area contributed by atoms with Crippen LogP contribution < -0.4 is 10.1 Å². The third-order valence-corrected chi connectivity index (χ3v) is 5.13. The molecule has 0 saturated heterocycles. The van der Waals surface area contributed by atoms with Crippen LogP contribution in [-0.2, 0) is 0 Å². The predicted octanol–water partition coefficient (Wildman–Crippen LogP) is 4.81. The first-order valence-corrected chi connectivity index (χ1v) is 8.53. The van der Waals surface area contributed by atoms with Crippen molar-refractivity contribution in [3.63, 3.8) is 0 Å². The molecule has 1 saturated carbocycles. The van der Waals surface area contributed by atoms with Crippen molar-refractivity contribution in [3.8, 4) is 5.75 Å². The largest absolute Gasteiger partial charge is 0.496 e. The molecule has 0 spiro atoms. The van der Waals surface area contributed by atoms with Gasteiger partial charge in [0.05, 0.1) is 7.11 Å². The van der Waals surface area contributed by atoms with Gasteiger partial charge in [0.2, 0.25) is 0 Å². The Labute approximate surface area is 130 Å². The number of rotatable bonds is 6. The van der Waals surface area contributed by atoms with E-state index in [9.17, 15) is 0 Å². The molecule has 1 fully saturated rings. The molecule has 118 valence electrons. The quantitative estimate of drug-likeness (QED) is 0.811. The lowest BCUT2D eigenvalue weighted by molar-refractivity contribution is 0.188. The smallest absolute Gasteiger partial charge is 0.123 e. The number of hydrogen-bond acceptors (Lipinski definition) is 2. The molecule has 2 nitrogen and oxygen atoms in total. The number of benzene rings is 1. The van der Waals surface area contributed by atoms with E-state index in [1.165, 1.54) is 31.2 Å². The van der Waals surface area contributed by atoms with Gasteiger partial charge in [-0.15, -0.1) is 0 Å². The lowest BCUT2D eigenvalue weighted by Gasteiger charge is -2.36. The molecule has 1 atom stereocenters. The Balaban J connectivity index is 2.12. The monoisotopic (exact) mass is 289 g/mol. The average molecular weight is 289 g/mol. The first kappa shape index (κ1) is 16.4. The van der Waals surface area contributed by atoms with E-state index in [1.54, 1.807) is 7.11 Å². The minimum absolute atomic E-state index is 0.430. The van der Waals surface area contributed by atoms with E-state index in [-0.39, 0.29) is 0 Å². The average Bonchev–Trinajstić information content (AvgIpc) is 2.52. The Bertz CT molecular complexity index is 421. The number of methoxy groups -OCH3 is 1. The summed E-state index contributed by atoms with van der Waals surface area (Å²) in [5.41, 5.74) is 1.33. The molecule has 1 aromatic rings. The lowest BCUT2D eigenvalue weighted by Crippen LogP contribution is -2.32. The Morgan fingerprint density at radius 3 is 2.29 bits per heavy atom. The first-order valence-electron chi connectivity index (χ1n) is 8.53. The summed E-state index contributed by atoms with van der Waals surface area (Å²) in [6.45, 7) is 7.94. The van der Waals surface area contributed by atoms with Gasteiger partial charge in [-0.25, -0.2) is 0 Å². The molecular weight excluding hydrogens is 258 g/mol. The summed E-state index contributed by atoms with van der Waals surface area (Å²) in [4.78, 5) is 0. The third-order valence-electron chi connectivity index (χ3n) is 5.13. The van der Waals surface area contributed by atoms with Gasteiger partial charge in [0.15, 0.2) is 0 Å². The molecule has 0 heterocycles. The molecule has 0 bridgehead atoms. The SMILES string of the molecule is CCNC(c1ccccc1OC)C1CCC(C(C)C)CC1. The van der Waals surface area contributed by atoms with Gasteiger partial charge < -0.3 is 10.1 Å². The number of ether oxygens (including phenoxy) is 1. The lowest BCUT2D eigenvalue weighted by atomic mass is 9.73. The summed E-state index contributed by atoms with van der Waals surface area (Å²) >= 11 is 0. The van der Waals surface area contributed by atoms with Gasteiger partial charge in [-0.1, -0.05) is 39.0 Å². The van der Waals surface area contributed by atoms with Gasteiger partial charge >= 0.3 is 0 Å². The van der Waals surface area contributed by atoms with Crippen LogP contribution in [0.2, 0.25) is 0 Å². The van der Waals surface area contributed by atoms with Crippen LogP contribution in [-0.4, -0.2) is 13.7 Å². The fourth-order valence-corrected chi connectivity index (χ4v) is 3.82. The van der Waals surface area contributed by atoms with Gasteiger partial charge in [-0.2, -0.15) is 0 Å². The topological polar surface area (TPSA) is 21.3 Å². The van der Waals surface area contributed by atoms with Crippen LogP contribution in [0.4, 0.5) is 0 Å². The molecule has 0 aliphatic heterocycles. The number of para-hydroxylation sites is 1. The zero-order valence-corrected chi connectivity index (χ0v) is 14.1. The van der Waals surface area contributed by atoms with Crippen molar-refractivity contribution >= 4 is 0 Å². The van der Waals surface area contributed by atoms with Crippen LogP contribution in [0.15, 0.2) is 24.3 Å². The molecule has 1 unspecified atom stereocenters. The van der Waals surface area contributed by atoms with E-state index in [0.717, 1.165) is 30.0 Å². The zero-order chi connectivity index (χ0) is 15.2. The van der Waals surface area contributed by atoms with E-state index in [1.807, 2.05) is 0 Å². The minimum Gasteiger partial charge on any atom is -0.496 e. The zero-order valence-electron chi connectivity index (χ0n) is 14.1. The Hall–Kier alpha value is -1.02. The van der Waals surface area contributed by atoms with Gasteiger partial charge in [-0.3, -0.25) is 0 Å². The molecule has 2 heteroatoms. The standard InChI is InChI=1S/C19H31NO/c1-5-20-19(17-8-6-7-9-18(17)21-4)16-12-10-15(11-13-16)14(2)3/h6-9,14-16,19-20H,5,10-13H2,1-4H3. The van der Waals surface area contributed by atoms with Gasteiger partial charge in [-0.05, 0) is 56.0 Å². The Morgan fingerprint density at radius 2 is 1.71 bits per heavy atom. The second-order valence-corrected chi connectivity index (χ2v) is 6.70.